The maximum absolute atomic E-state index is 5.79. The first-order chi connectivity index (χ1) is 13.6. The van der Waals surface area contributed by atoms with E-state index in [9.17, 15) is 0 Å². The Morgan fingerprint density at radius 1 is 1.04 bits per heavy atom. The van der Waals surface area contributed by atoms with Crippen LogP contribution in [0.4, 0.5) is 5.69 Å². The number of hydrogen-bond donors (Lipinski definition) is 2. The number of aromatic nitrogens is 1. The molecule has 2 aromatic carbocycles. The summed E-state index contributed by atoms with van der Waals surface area (Å²) in [6.07, 6.45) is 1.74. The normalized spacial score (nSPS) is 11.5. The lowest BCUT2D eigenvalue weighted by atomic mass is 10.1. The fourth-order valence-corrected chi connectivity index (χ4v) is 3.05. The molecule has 7 heteroatoms. The standard InChI is InChI=1S/C21H23N3O3S/c1-14(13-27-16-8-6-15(25-2)7-9-16)23-21(28)24-18-10-11-19(26-3)20-17(18)5-4-12-22-20/h4-12,14H,13H2,1-3H3,(H2,23,24,28). The number of hydrogen-bond acceptors (Lipinski definition) is 5. The number of rotatable bonds is 7. The van der Waals surface area contributed by atoms with Gasteiger partial charge in [-0.3, -0.25) is 4.98 Å². The van der Waals surface area contributed by atoms with Gasteiger partial charge in [-0.1, -0.05) is 0 Å². The quantitative estimate of drug-likeness (QED) is 0.584. The minimum absolute atomic E-state index is 0.0183. The summed E-state index contributed by atoms with van der Waals surface area (Å²) in [5.74, 6) is 2.30. The zero-order valence-corrected chi connectivity index (χ0v) is 16.9. The fourth-order valence-electron chi connectivity index (χ4n) is 2.74. The molecule has 0 aliphatic rings. The van der Waals surface area contributed by atoms with E-state index in [1.807, 2.05) is 55.5 Å². The van der Waals surface area contributed by atoms with Crippen LogP contribution in [-0.4, -0.2) is 37.0 Å². The van der Waals surface area contributed by atoms with Crippen LogP contribution in [0.25, 0.3) is 10.9 Å². The van der Waals surface area contributed by atoms with E-state index in [1.165, 1.54) is 0 Å². The Hall–Kier alpha value is -3.06. The molecule has 0 saturated carbocycles. The van der Waals surface area contributed by atoms with Gasteiger partial charge in [-0.05, 0) is 67.7 Å². The smallest absolute Gasteiger partial charge is 0.171 e. The highest BCUT2D eigenvalue weighted by atomic mass is 32.1. The molecular weight excluding hydrogens is 374 g/mol. The number of nitrogens with one attached hydrogen (secondary N) is 2. The van der Waals surface area contributed by atoms with Crippen LogP contribution in [0.5, 0.6) is 17.2 Å². The highest BCUT2D eigenvalue weighted by Gasteiger charge is 2.10. The highest BCUT2D eigenvalue weighted by Crippen LogP contribution is 2.29. The lowest BCUT2D eigenvalue weighted by Gasteiger charge is -2.18. The molecule has 1 heterocycles. The number of nitrogens with zero attached hydrogens (tertiary/aromatic N) is 1. The lowest BCUT2D eigenvalue weighted by Crippen LogP contribution is -2.39. The van der Waals surface area contributed by atoms with Crippen LogP contribution in [0.2, 0.25) is 0 Å². The van der Waals surface area contributed by atoms with Crippen molar-refractivity contribution in [1.82, 2.24) is 10.3 Å². The first kappa shape index (κ1) is 19.7. The molecule has 0 aliphatic carbocycles. The van der Waals surface area contributed by atoms with Crippen LogP contribution >= 0.6 is 12.2 Å². The van der Waals surface area contributed by atoms with Gasteiger partial charge in [0.05, 0.1) is 20.3 Å². The number of fused-ring (bicyclic) bond motifs is 1. The number of anilines is 1. The van der Waals surface area contributed by atoms with Gasteiger partial charge in [-0.15, -0.1) is 0 Å². The topological polar surface area (TPSA) is 64.6 Å². The zero-order chi connectivity index (χ0) is 19.9. The first-order valence-electron chi connectivity index (χ1n) is 8.87. The number of benzene rings is 2. The summed E-state index contributed by atoms with van der Waals surface area (Å²) >= 11 is 5.45. The Morgan fingerprint density at radius 3 is 2.50 bits per heavy atom. The van der Waals surface area contributed by atoms with E-state index in [-0.39, 0.29) is 6.04 Å². The Labute approximate surface area is 169 Å². The molecule has 0 bridgehead atoms. The SMILES string of the molecule is COc1ccc(OCC(C)NC(=S)Nc2ccc(OC)c3ncccc23)cc1. The zero-order valence-electron chi connectivity index (χ0n) is 16.1. The van der Waals surface area contributed by atoms with Crippen LogP contribution in [-0.2, 0) is 0 Å². The van der Waals surface area contributed by atoms with Gasteiger partial charge >= 0.3 is 0 Å². The Balaban J connectivity index is 1.58. The van der Waals surface area contributed by atoms with Crippen LogP contribution in [0.3, 0.4) is 0 Å². The molecule has 0 fully saturated rings. The van der Waals surface area contributed by atoms with Crippen molar-refractivity contribution in [3.8, 4) is 17.2 Å². The monoisotopic (exact) mass is 397 g/mol. The summed E-state index contributed by atoms with van der Waals surface area (Å²) in [6.45, 7) is 2.48. The molecule has 146 valence electrons. The second kappa shape index (κ2) is 9.23. The number of pyridine rings is 1. The molecule has 1 unspecified atom stereocenters. The minimum Gasteiger partial charge on any atom is -0.497 e. The van der Waals surface area contributed by atoms with Gasteiger partial charge in [0.1, 0.15) is 29.4 Å². The molecule has 0 saturated heterocycles. The van der Waals surface area contributed by atoms with Gasteiger partial charge in [-0.25, -0.2) is 0 Å². The van der Waals surface area contributed by atoms with Crippen molar-refractivity contribution in [2.24, 2.45) is 0 Å². The summed E-state index contributed by atoms with van der Waals surface area (Å²) in [5, 5.41) is 7.92. The Bertz CT molecular complexity index is 947. The van der Waals surface area contributed by atoms with E-state index < -0.39 is 0 Å². The number of thiocarbonyl (C=S) groups is 1. The van der Waals surface area contributed by atoms with Crippen LogP contribution in [0.1, 0.15) is 6.92 Å². The average molecular weight is 398 g/mol. The van der Waals surface area contributed by atoms with E-state index >= 15 is 0 Å². The van der Waals surface area contributed by atoms with Gasteiger partial charge in [0.15, 0.2) is 5.11 Å². The van der Waals surface area contributed by atoms with Gasteiger partial charge in [0.25, 0.3) is 0 Å². The highest BCUT2D eigenvalue weighted by molar-refractivity contribution is 7.80. The van der Waals surface area contributed by atoms with Crippen molar-refractivity contribution < 1.29 is 14.2 Å². The Kier molecular flexibility index (Phi) is 6.49. The third-order valence-electron chi connectivity index (χ3n) is 4.14. The molecule has 1 atom stereocenters. The summed E-state index contributed by atoms with van der Waals surface area (Å²) < 4.78 is 16.3. The van der Waals surface area contributed by atoms with E-state index in [4.69, 9.17) is 26.4 Å². The van der Waals surface area contributed by atoms with E-state index in [0.29, 0.717) is 11.7 Å². The first-order valence-corrected chi connectivity index (χ1v) is 9.27. The van der Waals surface area contributed by atoms with Crippen LogP contribution in [0, 0.1) is 0 Å². The molecule has 3 rings (SSSR count). The van der Waals surface area contributed by atoms with Crippen molar-refractivity contribution in [1.29, 1.82) is 0 Å². The van der Waals surface area contributed by atoms with Crippen LogP contribution < -0.4 is 24.8 Å². The molecule has 6 nitrogen and oxygen atoms in total. The van der Waals surface area contributed by atoms with Crippen molar-refractivity contribution in [2.75, 3.05) is 26.1 Å². The molecule has 2 N–H and O–H groups in total. The lowest BCUT2D eigenvalue weighted by molar-refractivity contribution is 0.286. The summed E-state index contributed by atoms with van der Waals surface area (Å²) in [7, 11) is 3.27. The third kappa shape index (κ3) is 4.80. The molecule has 0 aliphatic heterocycles. The molecule has 3 aromatic rings. The van der Waals surface area contributed by atoms with Gasteiger partial charge in [0.2, 0.25) is 0 Å². The summed E-state index contributed by atoms with van der Waals surface area (Å²) in [6, 6.07) is 15.2. The van der Waals surface area contributed by atoms with Crippen molar-refractivity contribution in [3.63, 3.8) is 0 Å². The van der Waals surface area contributed by atoms with E-state index in [1.54, 1.807) is 20.4 Å². The Morgan fingerprint density at radius 2 is 1.79 bits per heavy atom. The number of methoxy groups -OCH3 is 2. The van der Waals surface area contributed by atoms with E-state index in [0.717, 1.165) is 33.8 Å². The van der Waals surface area contributed by atoms with Crippen LogP contribution in [0.15, 0.2) is 54.7 Å². The van der Waals surface area contributed by atoms with E-state index in [2.05, 4.69) is 15.6 Å². The molecule has 0 amide bonds. The van der Waals surface area contributed by atoms with Crippen molar-refractivity contribution in [3.05, 3.63) is 54.7 Å². The minimum atomic E-state index is 0.0183. The largest absolute Gasteiger partial charge is 0.497 e. The summed E-state index contributed by atoms with van der Waals surface area (Å²) in [4.78, 5) is 4.40. The molecule has 1 aromatic heterocycles. The van der Waals surface area contributed by atoms with Crippen molar-refractivity contribution >= 4 is 33.9 Å². The molecule has 28 heavy (non-hydrogen) atoms. The molecule has 0 spiro atoms. The summed E-state index contributed by atoms with van der Waals surface area (Å²) in [5.41, 5.74) is 1.65. The second-order valence-electron chi connectivity index (χ2n) is 6.20. The molecule has 0 radical (unpaired) electrons. The van der Waals surface area contributed by atoms with Gasteiger partial charge in [-0.2, -0.15) is 0 Å². The molecular formula is C21H23N3O3S. The maximum Gasteiger partial charge on any atom is 0.171 e. The average Bonchev–Trinajstić information content (AvgIpc) is 2.73. The fraction of sp³-hybridized carbons (Fsp3) is 0.238. The number of ether oxygens (including phenoxy) is 3. The second-order valence-corrected chi connectivity index (χ2v) is 6.61. The maximum atomic E-state index is 5.79. The van der Waals surface area contributed by atoms with Crippen molar-refractivity contribution in [2.45, 2.75) is 13.0 Å². The third-order valence-corrected chi connectivity index (χ3v) is 4.36. The predicted molar refractivity (Wildman–Crippen MR) is 116 cm³/mol. The van der Waals surface area contributed by atoms with Gasteiger partial charge < -0.3 is 24.8 Å². The predicted octanol–water partition coefficient (Wildman–Crippen LogP) is 4.01. The van der Waals surface area contributed by atoms with Gasteiger partial charge in [0, 0.05) is 17.3 Å².